The zero-order valence-electron chi connectivity index (χ0n) is 5.74. The summed E-state index contributed by atoms with van der Waals surface area (Å²) in [5.74, 6) is 0. The molecule has 0 atom stereocenters. The molecule has 1 aromatic carbocycles. The molecule has 2 heteroatoms. The maximum atomic E-state index is 7.32. The molecule has 0 aromatic heterocycles. The van der Waals surface area contributed by atoms with Crippen molar-refractivity contribution in [3.05, 3.63) is 30.3 Å². The molecule has 0 fully saturated rings. The molecule has 0 bridgehead atoms. The summed E-state index contributed by atoms with van der Waals surface area (Å²) in [6.07, 6.45) is 0. The fraction of sp³-hybridized carbons (Fsp3) is 0.125. The number of rotatable bonds is 0. The Morgan fingerprint density at radius 1 is 1.30 bits per heavy atom. The normalized spacial score (nSPS) is 6.80. The van der Waals surface area contributed by atoms with Crippen molar-refractivity contribution in [2.75, 3.05) is 0 Å². The Balaban J connectivity index is 0.000000236. The molecule has 0 N–H and O–H groups in total. The van der Waals surface area contributed by atoms with E-state index in [2.05, 4.69) is 16.0 Å². The molecule has 0 aliphatic rings. The van der Waals surface area contributed by atoms with Crippen LogP contribution in [0.5, 0.6) is 0 Å². The van der Waals surface area contributed by atoms with Crippen LogP contribution in [0.3, 0.4) is 0 Å². The van der Waals surface area contributed by atoms with Crippen LogP contribution in [0, 0.1) is 11.3 Å². The molecular formula is C8H8NSe-. The fourth-order valence-electron chi connectivity index (χ4n) is 0.420. The molecular weight excluding hydrogens is 189 g/mol. The van der Waals surface area contributed by atoms with Crippen LogP contribution in [0.15, 0.2) is 30.3 Å². The van der Waals surface area contributed by atoms with Gasteiger partial charge in [-0.15, -0.1) is 0 Å². The van der Waals surface area contributed by atoms with Crippen LogP contribution in [-0.2, 0) is 0 Å². The van der Waals surface area contributed by atoms with Gasteiger partial charge in [-0.05, 0) is 0 Å². The van der Waals surface area contributed by atoms with E-state index in [0.29, 0.717) is 0 Å². The Morgan fingerprint density at radius 2 is 1.70 bits per heavy atom. The van der Waals surface area contributed by atoms with Gasteiger partial charge in [0.2, 0.25) is 0 Å². The first-order valence-corrected chi connectivity index (χ1v) is 3.69. The van der Waals surface area contributed by atoms with Gasteiger partial charge in [-0.3, -0.25) is 0 Å². The maximum absolute atomic E-state index is 7.32. The predicted molar refractivity (Wildman–Crippen MR) is 43.1 cm³/mol. The van der Waals surface area contributed by atoms with Gasteiger partial charge in [-0.1, -0.05) is 0 Å². The van der Waals surface area contributed by atoms with Crippen LogP contribution in [0.4, 0.5) is 0 Å². The van der Waals surface area contributed by atoms with E-state index in [0.717, 1.165) is 0 Å². The van der Waals surface area contributed by atoms with E-state index >= 15 is 0 Å². The van der Waals surface area contributed by atoms with Gasteiger partial charge in [-0.2, -0.15) is 5.26 Å². The first kappa shape index (κ1) is 9.23. The van der Waals surface area contributed by atoms with Crippen molar-refractivity contribution < 1.29 is 0 Å². The summed E-state index contributed by atoms with van der Waals surface area (Å²) in [6, 6.07) is 11.8. The van der Waals surface area contributed by atoms with Crippen molar-refractivity contribution in [1.29, 1.82) is 5.26 Å². The SMILES string of the molecule is CC#N.[Se-]c1ccccc1. The minimum absolute atomic E-state index is 1.20. The van der Waals surface area contributed by atoms with Gasteiger partial charge in [0, 0.05) is 6.92 Å². The Kier molecular flexibility index (Phi) is 5.86. The average Bonchev–Trinajstić information content (AvgIpc) is 1.91. The van der Waals surface area contributed by atoms with Gasteiger partial charge in [0.1, 0.15) is 0 Å². The van der Waals surface area contributed by atoms with Crippen LogP contribution in [0.2, 0.25) is 0 Å². The molecule has 1 nitrogen and oxygen atoms in total. The third-order valence-electron chi connectivity index (χ3n) is 0.743. The molecule has 0 saturated carbocycles. The Hall–Kier alpha value is -0.771. The van der Waals surface area contributed by atoms with Gasteiger partial charge in [0.15, 0.2) is 0 Å². The van der Waals surface area contributed by atoms with Crippen molar-refractivity contribution >= 4 is 20.5 Å². The molecule has 1 aromatic rings. The third-order valence-corrected chi connectivity index (χ3v) is 1.31. The van der Waals surface area contributed by atoms with E-state index in [4.69, 9.17) is 5.26 Å². The quantitative estimate of drug-likeness (QED) is 0.569. The third kappa shape index (κ3) is 5.37. The summed E-state index contributed by atoms with van der Waals surface area (Å²) >= 11 is 2.90. The molecule has 1 rings (SSSR count). The van der Waals surface area contributed by atoms with Crippen molar-refractivity contribution in [3.63, 3.8) is 0 Å². The Morgan fingerprint density at radius 3 is 1.90 bits per heavy atom. The van der Waals surface area contributed by atoms with E-state index < -0.39 is 0 Å². The summed E-state index contributed by atoms with van der Waals surface area (Å²) in [4.78, 5) is 0. The first-order chi connectivity index (χ1) is 4.81. The van der Waals surface area contributed by atoms with Crippen molar-refractivity contribution in [1.82, 2.24) is 0 Å². The number of hydrogen-bond donors (Lipinski definition) is 0. The average molecular weight is 197 g/mol. The van der Waals surface area contributed by atoms with E-state index in [1.54, 1.807) is 6.07 Å². The zero-order valence-corrected chi connectivity index (χ0v) is 7.46. The molecule has 0 unspecified atom stereocenters. The molecule has 0 aliphatic heterocycles. The Bertz CT molecular complexity index is 200. The molecule has 0 heterocycles. The van der Waals surface area contributed by atoms with Gasteiger partial charge in [-0.25, -0.2) is 0 Å². The summed E-state index contributed by atoms with van der Waals surface area (Å²) in [6.45, 7) is 1.43. The fourth-order valence-corrected chi connectivity index (χ4v) is 0.750. The topological polar surface area (TPSA) is 23.8 Å². The molecule has 0 spiro atoms. The van der Waals surface area contributed by atoms with Crippen molar-refractivity contribution in [2.45, 2.75) is 6.92 Å². The van der Waals surface area contributed by atoms with Gasteiger partial charge < -0.3 is 0 Å². The summed E-state index contributed by atoms with van der Waals surface area (Å²) in [5, 5.41) is 7.32. The van der Waals surface area contributed by atoms with Crippen LogP contribution in [-0.4, -0.2) is 16.0 Å². The van der Waals surface area contributed by atoms with Gasteiger partial charge >= 0.3 is 50.8 Å². The Labute approximate surface area is 69.5 Å². The summed E-state index contributed by atoms with van der Waals surface area (Å²) < 4.78 is 1.20. The van der Waals surface area contributed by atoms with Crippen LogP contribution in [0.25, 0.3) is 0 Å². The van der Waals surface area contributed by atoms with Crippen molar-refractivity contribution in [2.24, 2.45) is 0 Å². The number of nitrogens with zero attached hydrogens (tertiary/aromatic N) is 1. The number of hydrogen-bond acceptors (Lipinski definition) is 1. The predicted octanol–water partition coefficient (Wildman–Crippen LogP) is 1.01. The first-order valence-electron chi connectivity index (χ1n) is 2.84. The van der Waals surface area contributed by atoms with E-state index in [1.807, 2.05) is 30.3 Å². The van der Waals surface area contributed by atoms with Crippen molar-refractivity contribution in [3.8, 4) is 6.07 Å². The second-order valence-electron chi connectivity index (χ2n) is 1.54. The summed E-state index contributed by atoms with van der Waals surface area (Å²) in [7, 11) is 0. The van der Waals surface area contributed by atoms with Crippen LogP contribution < -0.4 is 4.46 Å². The molecule has 0 amide bonds. The summed E-state index contributed by atoms with van der Waals surface area (Å²) in [5.41, 5.74) is 0. The van der Waals surface area contributed by atoms with Gasteiger partial charge in [0.05, 0.1) is 6.07 Å². The number of benzene rings is 1. The van der Waals surface area contributed by atoms with Crippen LogP contribution >= 0.6 is 0 Å². The zero-order chi connectivity index (χ0) is 7.82. The van der Waals surface area contributed by atoms with E-state index in [9.17, 15) is 0 Å². The van der Waals surface area contributed by atoms with Crippen LogP contribution in [0.1, 0.15) is 6.92 Å². The molecule has 0 saturated heterocycles. The standard InChI is InChI=1S/C6H6Se.C2H3N/c7-6-4-2-1-3-5-6;1-2-3/h1-5,7H;1H3/p-1. The van der Waals surface area contributed by atoms with Gasteiger partial charge in [0.25, 0.3) is 0 Å². The minimum atomic E-state index is 1.20. The molecule has 10 heavy (non-hydrogen) atoms. The molecule has 52 valence electrons. The molecule has 0 aliphatic carbocycles. The molecule has 0 radical (unpaired) electrons. The second kappa shape index (κ2) is 6.35. The van der Waals surface area contributed by atoms with E-state index in [1.165, 1.54) is 11.4 Å². The van der Waals surface area contributed by atoms with E-state index in [-0.39, 0.29) is 0 Å². The monoisotopic (exact) mass is 198 g/mol. The second-order valence-corrected chi connectivity index (χ2v) is 2.53. The number of nitriles is 1.